The van der Waals surface area contributed by atoms with Gasteiger partial charge in [0.15, 0.2) is 5.16 Å². The highest BCUT2D eigenvalue weighted by Crippen LogP contribution is 2.27. The van der Waals surface area contributed by atoms with E-state index in [9.17, 15) is 9.59 Å². The highest BCUT2D eigenvalue weighted by molar-refractivity contribution is 7.99. The zero-order valence-electron chi connectivity index (χ0n) is 20.6. The van der Waals surface area contributed by atoms with Gasteiger partial charge in [0.2, 0.25) is 5.91 Å². The van der Waals surface area contributed by atoms with Crippen LogP contribution in [-0.4, -0.2) is 21.2 Å². The molecule has 1 heterocycles. The smallest absolute Gasteiger partial charge is 0.266 e. The van der Waals surface area contributed by atoms with Crippen LogP contribution in [-0.2, 0) is 4.79 Å². The van der Waals surface area contributed by atoms with Crippen molar-refractivity contribution in [3.63, 3.8) is 0 Å². The Morgan fingerprint density at radius 2 is 1.66 bits per heavy atom. The number of carbonyl (C=O) groups excluding carboxylic acids is 1. The van der Waals surface area contributed by atoms with E-state index < -0.39 is 0 Å². The first-order chi connectivity index (χ1) is 16.9. The van der Waals surface area contributed by atoms with E-state index in [-0.39, 0.29) is 23.1 Å². The van der Waals surface area contributed by atoms with Crippen molar-refractivity contribution in [3.05, 3.63) is 94.3 Å². The normalized spacial score (nSPS) is 12.1. The summed E-state index contributed by atoms with van der Waals surface area (Å²) in [6, 6.07) is 23.2. The van der Waals surface area contributed by atoms with Gasteiger partial charge in [-0.1, -0.05) is 81.9 Å². The molecule has 4 rings (SSSR count). The average Bonchev–Trinajstić information content (AvgIpc) is 2.87. The summed E-state index contributed by atoms with van der Waals surface area (Å²) in [6.45, 7) is 8.56. The Morgan fingerprint density at radius 1 is 0.971 bits per heavy atom. The quantitative estimate of drug-likeness (QED) is 0.221. The molecule has 180 valence electrons. The van der Waals surface area contributed by atoms with Crippen molar-refractivity contribution < 1.29 is 4.79 Å². The molecule has 5 nitrogen and oxygen atoms in total. The maximum absolute atomic E-state index is 13.6. The van der Waals surface area contributed by atoms with Gasteiger partial charge in [0.1, 0.15) is 0 Å². The van der Waals surface area contributed by atoms with E-state index in [1.165, 1.54) is 17.3 Å². The van der Waals surface area contributed by atoms with Gasteiger partial charge in [-0.25, -0.2) is 4.98 Å². The summed E-state index contributed by atoms with van der Waals surface area (Å²) < 4.78 is 1.65. The van der Waals surface area contributed by atoms with E-state index >= 15 is 0 Å². The maximum Gasteiger partial charge on any atom is 0.266 e. The van der Waals surface area contributed by atoms with E-state index in [4.69, 9.17) is 4.98 Å². The molecule has 4 aromatic rings. The Kier molecular flexibility index (Phi) is 7.71. The lowest BCUT2D eigenvalue weighted by molar-refractivity contribution is -0.113. The minimum Gasteiger partial charge on any atom is -0.325 e. The third kappa shape index (κ3) is 5.49. The lowest BCUT2D eigenvalue weighted by Gasteiger charge is -2.18. The fraction of sp³-hybridized carbons (Fsp3) is 0.276. The summed E-state index contributed by atoms with van der Waals surface area (Å²) in [5.74, 6) is 0.711. The second kappa shape index (κ2) is 10.9. The zero-order chi connectivity index (χ0) is 24.9. The molecule has 6 heteroatoms. The van der Waals surface area contributed by atoms with E-state index in [0.29, 0.717) is 22.0 Å². The summed E-state index contributed by atoms with van der Waals surface area (Å²) in [4.78, 5) is 31.1. The molecule has 0 spiro atoms. The first-order valence-corrected chi connectivity index (χ1v) is 13.0. The van der Waals surface area contributed by atoms with Crippen LogP contribution in [0.15, 0.2) is 82.7 Å². The van der Waals surface area contributed by atoms with Crippen molar-refractivity contribution in [3.8, 4) is 5.69 Å². The molecule has 3 aromatic carbocycles. The number of aromatic nitrogens is 2. The van der Waals surface area contributed by atoms with Crippen LogP contribution < -0.4 is 10.9 Å². The van der Waals surface area contributed by atoms with Crippen LogP contribution in [0, 0.1) is 0 Å². The summed E-state index contributed by atoms with van der Waals surface area (Å²) in [7, 11) is 0. The number of carbonyl (C=O) groups is 1. The summed E-state index contributed by atoms with van der Waals surface area (Å²) in [6.07, 6.45) is 1.07. The number of hydrogen-bond acceptors (Lipinski definition) is 4. The van der Waals surface area contributed by atoms with E-state index in [1.54, 1.807) is 10.6 Å². The lowest BCUT2D eigenvalue weighted by Crippen LogP contribution is -2.24. The van der Waals surface area contributed by atoms with Crippen LogP contribution in [0.2, 0.25) is 0 Å². The maximum atomic E-state index is 13.6. The largest absolute Gasteiger partial charge is 0.325 e. The molecule has 0 saturated carbocycles. The van der Waals surface area contributed by atoms with Crippen molar-refractivity contribution in [1.29, 1.82) is 0 Å². The van der Waals surface area contributed by atoms with Gasteiger partial charge < -0.3 is 5.32 Å². The molecule has 0 fully saturated rings. The van der Waals surface area contributed by atoms with E-state index in [2.05, 4.69) is 45.1 Å². The molecule has 0 radical (unpaired) electrons. The first kappa shape index (κ1) is 24.7. The number of hydrogen-bond donors (Lipinski definition) is 1. The number of anilines is 1. The number of rotatable bonds is 8. The highest BCUT2D eigenvalue weighted by Gasteiger charge is 2.18. The lowest BCUT2D eigenvalue weighted by atomic mass is 9.99. The average molecular weight is 486 g/mol. The predicted octanol–water partition coefficient (Wildman–Crippen LogP) is 6.75. The van der Waals surface area contributed by atoms with Gasteiger partial charge in [-0.2, -0.15) is 0 Å². The molecule has 1 amide bonds. The number of amides is 1. The van der Waals surface area contributed by atoms with E-state index in [0.717, 1.165) is 23.4 Å². The molecule has 0 aliphatic heterocycles. The molecule has 0 saturated heterocycles. The molecular formula is C29H31N3O2S. The van der Waals surface area contributed by atoms with Gasteiger partial charge in [0, 0.05) is 5.69 Å². The summed E-state index contributed by atoms with van der Waals surface area (Å²) in [5, 5.41) is 4.02. The minimum absolute atomic E-state index is 0.132. The van der Waals surface area contributed by atoms with Crippen molar-refractivity contribution in [1.82, 2.24) is 9.55 Å². The van der Waals surface area contributed by atoms with Crippen LogP contribution in [0.4, 0.5) is 5.69 Å². The molecular weight excluding hydrogens is 454 g/mol. The summed E-state index contributed by atoms with van der Waals surface area (Å²) in [5.41, 5.74) is 4.37. The number of para-hydroxylation sites is 2. The van der Waals surface area contributed by atoms with Crippen LogP contribution in [0.25, 0.3) is 16.6 Å². The number of nitrogens with one attached hydrogen (secondary N) is 1. The van der Waals surface area contributed by atoms with Crippen molar-refractivity contribution in [2.75, 3.05) is 11.1 Å². The fourth-order valence-corrected chi connectivity index (χ4v) is 4.86. The Bertz CT molecular complexity index is 1390. The van der Waals surface area contributed by atoms with Crippen molar-refractivity contribution in [2.45, 2.75) is 51.1 Å². The highest BCUT2D eigenvalue weighted by atomic mass is 32.2. The van der Waals surface area contributed by atoms with Gasteiger partial charge in [0.05, 0.1) is 22.3 Å². The van der Waals surface area contributed by atoms with Crippen LogP contribution in [0.1, 0.15) is 57.1 Å². The van der Waals surface area contributed by atoms with E-state index in [1.807, 2.05) is 54.6 Å². The molecule has 1 unspecified atom stereocenters. The second-order valence-electron chi connectivity index (χ2n) is 9.03. The number of nitrogens with zero attached hydrogens (tertiary/aromatic N) is 2. The minimum atomic E-state index is -0.141. The fourth-order valence-electron chi connectivity index (χ4n) is 4.06. The van der Waals surface area contributed by atoms with Gasteiger partial charge in [-0.15, -0.1) is 0 Å². The molecule has 35 heavy (non-hydrogen) atoms. The SMILES string of the molecule is CCC(C)c1ccc(NC(=O)CSc2nc3ccccc3c(=O)n2-c2ccccc2C(C)C)cc1. The Morgan fingerprint density at radius 3 is 2.37 bits per heavy atom. The topological polar surface area (TPSA) is 64.0 Å². The van der Waals surface area contributed by atoms with Crippen LogP contribution >= 0.6 is 11.8 Å². The third-order valence-corrected chi connectivity index (χ3v) is 7.19. The van der Waals surface area contributed by atoms with Crippen molar-refractivity contribution in [2.24, 2.45) is 0 Å². The van der Waals surface area contributed by atoms with Crippen LogP contribution in [0.5, 0.6) is 0 Å². The molecule has 1 atom stereocenters. The predicted molar refractivity (Wildman–Crippen MR) is 146 cm³/mol. The Labute approximate surface area is 210 Å². The Balaban J connectivity index is 1.63. The summed E-state index contributed by atoms with van der Waals surface area (Å²) >= 11 is 1.27. The van der Waals surface area contributed by atoms with Crippen LogP contribution in [0.3, 0.4) is 0 Å². The zero-order valence-corrected chi connectivity index (χ0v) is 21.4. The molecule has 0 bridgehead atoms. The van der Waals surface area contributed by atoms with Gasteiger partial charge >= 0.3 is 0 Å². The number of thioether (sulfide) groups is 1. The number of benzene rings is 3. The van der Waals surface area contributed by atoms with Gasteiger partial charge in [-0.05, 0) is 59.7 Å². The Hall–Kier alpha value is -3.38. The molecule has 0 aliphatic carbocycles. The number of fused-ring (bicyclic) bond motifs is 1. The van der Waals surface area contributed by atoms with Gasteiger partial charge in [0.25, 0.3) is 5.56 Å². The van der Waals surface area contributed by atoms with Crippen molar-refractivity contribution >= 4 is 34.3 Å². The third-order valence-electron chi connectivity index (χ3n) is 6.25. The molecule has 1 N–H and O–H groups in total. The molecule has 1 aromatic heterocycles. The van der Waals surface area contributed by atoms with Gasteiger partial charge in [-0.3, -0.25) is 14.2 Å². The first-order valence-electron chi connectivity index (χ1n) is 12.0. The standard InChI is InChI=1S/C29H31N3O2S/c1-5-20(4)21-14-16-22(17-15-21)30-27(33)18-35-29-31-25-12-8-6-11-24(25)28(34)32(29)26-13-9-7-10-23(26)19(2)3/h6-17,19-20H,5,18H2,1-4H3,(H,30,33). The molecule has 0 aliphatic rings. The second-order valence-corrected chi connectivity index (χ2v) is 9.98. The monoisotopic (exact) mass is 485 g/mol.